The number of carbonyl (C=O) groups excluding carboxylic acids is 5. The van der Waals surface area contributed by atoms with Crippen molar-refractivity contribution in [2.75, 3.05) is 72.0 Å². The molecular weight excluding hydrogens is 761 g/mol. The van der Waals surface area contributed by atoms with Gasteiger partial charge in [-0.15, -0.1) is 0 Å². The fourth-order valence-corrected chi connectivity index (χ4v) is 5.65. The number of hydrogen-bond donors (Lipinski definition) is 3. The molecule has 16 nitrogen and oxygen atoms in total. The molecule has 3 N–H and O–H groups in total. The summed E-state index contributed by atoms with van der Waals surface area (Å²) in [5.74, 6) is -2.53. The lowest BCUT2D eigenvalue weighted by atomic mass is 9.81. The number of carbonyl (C=O) groups is 6. The van der Waals surface area contributed by atoms with Gasteiger partial charge in [-0.05, 0) is 93.8 Å². The van der Waals surface area contributed by atoms with E-state index >= 15 is 0 Å². The first kappa shape index (κ1) is 48.2. The molecule has 2 aliphatic rings. The molecule has 2 fully saturated rings. The van der Waals surface area contributed by atoms with E-state index in [4.69, 9.17) is 12.6 Å². The van der Waals surface area contributed by atoms with E-state index in [1.165, 1.54) is 26.7 Å². The van der Waals surface area contributed by atoms with Crippen LogP contribution in [0.3, 0.4) is 0 Å². The molecule has 2 aromatic rings. The summed E-state index contributed by atoms with van der Waals surface area (Å²) < 4.78 is 23.0. The number of carboxylic acids is 1. The molecule has 4 rings (SSSR count). The van der Waals surface area contributed by atoms with Crippen molar-refractivity contribution in [2.45, 2.75) is 91.9 Å². The predicted octanol–water partition coefficient (Wildman–Crippen LogP) is 6.30. The number of rotatable bonds is 18. The van der Waals surface area contributed by atoms with Crippen LogP contribution in [-0.2, 0) is 33.4 Å². The Hall–Kier alpha value is -5.22. The molecule has 2 saturated heterocycles. The first-order chi connectivity index (χ1) is 29.2. The highest BCUT2D eigenvalue weighted by atomic mass is 16.6. The number of nitrogens with one attached hydrogen (secondary N) is 1. The maximum Gasteiger partial charge on any atom is 0.314 e. The molecule has 2 heterocycles. The Balaban J connectivity index is 0.000000909. The summed E-state index contributed by atoms with van der Waals surface area (Å²) in [4.78, 5) is 73.8. The Morgan fingerprint density at radius 2 is 1.41 bits per heavy atom. The number of aliphatic hydroxyl groups is 1. The second-order valence-electron chi connectivity index (χ2n) is 14.1. The number of likely N-dealkylation sites (tertiary alicyclic amines) is 1. The van der Waals surface area contributed by atoms with Crippen LogP contribution in [-0.4, -0.2) is 124 Å². The molecule has 2 aromatic carbocycles. The van der Waals surface area contributed by atoms with E-state index in [-0.39, 0.29) is 51.0 Å². The van der Waals surface area contributed by atoms with Crippen LogP contribution in [0, 0.1) is 5.41 Å². The number of benzene rings is 2. The number of esters is 3. The Morgan fingerprint density at radius 3 is 1.85 bits per heavy atom. The van der Waals surface area contributed by atoms with Gasteiger partial charge in [-0.1, -0.05) is 34.1 Å². The summed E-state index contributed by atoms with van der Waals surface area (Å²) in [5.41, 5.74) is 2.51. The van der Waals surface area contributed by atoms with E-state index < -0.39 is 29.3 Å². The van der Waals surface area contributed by atoms with Crippen LogP contribution in [0.15, 0.2) is 58.8 Å². The molecule has 0 unspecified atom stereocenters. The number of ether oxygens (including phenoxy) is 2. The van der Waals surface area contributed by atoms with Crippen LogP contribution in [0.1, 0.15) is 104 Å². The number of unbranched alkanes of at least 4 members (excludes halogenated alkanes) is 2. The van der Waals surface area contributed by atoms with Crippen molar-refractivity contribution in [3.8, 4) is 0 Å². The standard InChI is InChI=1S/C32H43N5O6.C6H15N.C4H4O3.CH4O/c1-32(23-43-30(41)17-16-29(39)40)18-21-37(22-19-32)28(38)7-5-4-6-20-33-31(42)24-8-10-25(11-9-24)34-35-26-12-14-27(15-13-26)36(2)3;1-4-7(5-2)6-3;5-3-1-2-4(6)7-3;1-2/h8-15H,4-7,16-23H2,1-3H3,(H,33,42)(H,39,40);4-6H2,1-3H3;1-2H2;2H,1H3/i1T;;;2T. The van der Waals surface area contributed by atoms with Crippen LogP contribution >= 0.6 is 0 Å². The number of azo groups is 1. The van der Waals surface area contributed by atoms with Crippen molar-refractivity contribution in [3.63, 3.8) is 0 Å². The number of carboxylic acid groups (broad SMARTS) is 1. The number of anilines is 1. The quantitative estimate of drug-likeness (QED) is 0.0655. The minimum absolute atomic E-state index is 0.0638. The summed E-state index contributed by atoms with van der Waals surface area (Å²) in [5, 5.41) is 23.6. The van der Waals surface area contributed by atoms with Gasteiger partial charge in [-0.2, -0.15) is 10.2 Å². The minimum atomic E-state index is -1.06. The highest BCUT2D eigenvalue weighted by Crippen LogP contribution is 2.32. The normalized spacial score (nSPS) is 14.6. The first-order valence-electron chi connectivity index (χ1n) is 21.2. The maximum absolute atomic E-state index is 12.7. The van der Waals surface area contributed by atoms with E-state index in [0.717, 1.165) is 24.2 Å². The van der Waals surface area contributed by atoms with Crippen molar-refractivity contribution >= 4 is 52.8 Å². The molecule has 2 aliphatic heterocycles. The van der Waals surface area contributed by atoms with Crippen molar-refractivity contribution < 1.29 is 49.8 Å². The van der Waals surface area contributed by atoms with Crippen LogP contribution in [0.5, 0.6) is 0 Å². The van der Waals surface area contributed by atoms with Gasteiger partial charge < -0.3 is 39.7 Å². The Kier molecular flexibility index (Phi) is 23.7. The molecule has 0 aliphatic carbocycles. The number of cyclic esters (lactones) is 2. The summed E-state index contributed by atoms with van der Waals surface area (Å²) in [6.45, 7) is 11.8. The van der Waals surface area contributed by atoms with Gasteiger partial charge in [-0.3, -0.25) is 28.8 Å². The average molecular weight is 831 g/mol. The average Bonchev–Trinajstić information content (AvgIpc) is 3.65. The summed E-state index contributed by atoms with van der Waals surface area (Å²) in [6.07, 6.45) is 3.88. The third kappa shape index (κ3) is 21.9. The van der Waals surface area contributed by atoms with Gasteiger partial charge in [0.05, 0.1) is 43.7 Å². The third-order valence-corrected chi connectivity index (χ3v) is 9.49. The smallest absolute Gasteiger partial charge is 0.314 e. The molecule has 0 aromatic heterocycles. The predicted molar refractivity (Wildman–Crippen MR) is 226 cm³/mol. The molecule has 0 saturated carbocycles. The second kappa shape index (κ2) is 29.1. The van der Waals surface area contributed by atoms with E-state index in [9.17, 15) is 28.8 Å². The van der Waals surface area contributed by atoms with Crippen molar-refractivity contribution in [3.05, 3.63) is 54.1 Å². The third-order valence-electron chi connectivity index (χ3n) is 9.49. The maximum atomic E-state index is 12.7. The largest absolute Gasteiger partial charge is 0.481 e. The van der Waals surface area contributed by atoms with E-state index in [1.807, 2.05) is 43.3 Å². The summed E-state index contributed by atoms with van der Waals surface area (Å²) in [6, 6.07) is 14.7. The SMILES string of the molecule is CCN(CC)CC.O=C1CCC(=O)O1.[3H]CC1(COC(=O)CCC(=O)O)CCN(C(=O)CCCCCNC(=O)c2ccc(N=Nc3ccc(N(C)C)cc3)cc2)CC1.[3H]OC. The van der Waals surface area contributed by atoms with Gasteiger partial charge >= 0.3 is 23.9 Å². The molecule has 59 heavy (non-hydrogen) atoms. The Labute approximate surface area is 352 Å². The second-order valence-corrected chi connectivity index (χ2v) is 14.1. The number of aliphatic carboxylic acids is 1. The van der Waals surface area contributed by atoms with Crippen molar-refractivity contribution in [1.82, 2.24) is 15.1 Å². The zero-order chi connectivity index (χ0) is 45.6. The lowest BCUT2D eigenvalue weighted by Crippen LogP contribution is -2.44. The molecular formula is C43H66N6O10. The van der Waals surface area contributed by atoms with E-state index in [2.05, 4.69) is 51.1 Å². The van der Waals surface area contributed by atoms with Gasteiger partial charge in [-0.25, -0.2) is 0 Å². The van der Waals surface area contributed by atoms with Crippen LogP contribution in [0.4, 0.5) is 17.1 Å². The van der Waals surface area contributed by atoms with E-state index in [1.54, 1.807) is 29.2 Å². The molecule has 0 atom stereocenters. The number of hydrogen-bond acceptors (Lipinski definition) is 13. The molecule has 16 heteroatoms. The van der Waals surface area contributed by atoms with Gasteiger partial charge in [0.25, 0.3) is 5.91 Å². The molecule has 0 spiro atoms. The number of piperidine rings is 1. The molecule has 0 radical (unpaired) electrons. The molecule has 328 valence electrons. The lowest BCUT2D eigenvalue weighted by Gasteiger charge is -2.39. The molecule has 0 bridgehead atoms. The molecule has 2 amide bonds. The number of aliphatic hydroxyl groups excluding tert-OH is 1. The fraction of sp³-hybridized carbons (Fsp3) is 0.581. The van der Waals surface area contributed by atoms with Crippen molar-refractivity contribution in [2.24, 2.45) is 15.6 Å². The van der Waals surface area contributed by atoms with Crippen LogP contribution in [0.25, 0.3) is 0 Å². The lowest BCUT2D eigenvalue weighted by molar-refractivity contribution is -0.152. The Bertz CT molecular complexity index is 1630. The monoisotopic (exact) mass is 831 g/mol. The number of amides is 2. The Morgan fingerprint density at radius 1 is 0.864 bits per heavy atom. The highest BCUT2D eigenvalue weighted by Gasteiger charge is 2.33. The van der Waals surface area contributed by atoms with Crippen LogP contribution in [0.2, 0.25) is 0 Å². The van der Waals surface area contributed by atoms with Crippen LogP contribution < -0.4 is 10.2 Å². The van der Waals surface area contributed by atoms with Gasteiger partial charge in [0.15, 0.2) is 0 Å². The summed E-state index contributed by atoms with van der Waals surface area (Å²) in [7, 11) is 5.24. The van der Waals surface area contributed by atoms with E-state index in [0.29, 0.717) is 56.6 Å². The zero-order valence-corrected chi connectivity index (χ0v) is 35.7. The summed E-state index contributed by atoms with van der Waals surface area (Å²) >= 11 is 0. The van der Waals surface area contributed by atoms with Gasteiger partial charge in [0.2, 0.25) is 7.34 Å². The van der Waals surface area contributed by atoms with Crippen molar-refractivity contribution in [1.29, 1.82) is 1.43 Å². The number of nitrogens with zero attached hydrogens (tertiary/aromatic N) is 5. The van der Waals surface area contributed by atoms with Gasteiger partial charge in [0, 0.05) is 65.3 Å². The first-order valence-corrected chi connectivity index (χ1v) is 20.1. The minimum Gasteiger partial charge on any atom is -0.481 e. The zero-order valence-electron chi connectivity index (χ0n) is 37.7. The topological polar surface area (TPSA) is 208 Å². The highest BCUT2D eigenvalue weighted by molar-refractivity contribution is 5.94. The fourth-order valence-electron chi connectivity index (χ4n) is 5.65. The van der Waals surface area contributed by atoms with Gasteiger partial charge in [0.1, 0.15) is 0 Å².